The van der Waals surface area contributed by atoms with Crippen LogP contribution in [0.5, 0.6) is 0 Å². The first-order valence-electron chi connectivity index (χ1n) is 10.3. The van der Waals surface area contributed by atoms with Gasteiger partial charge in [-0.3, -0.25) is 9.79 Å². The molecular formula is C24H21N7O. The van der Waals surface area contributed by atoms with Crippen molar-refractivity contribution in [2.75, 3.05) is 11.1 Å². The van der Waals surface area contributed by atoms with Crippen molar-refractivity contribution in [3.8, 4) is 0 Å². The van der Waals surface area contributed by atoms with Crippen LogP contribution in [-0.2, 0) is 0 Å². The maximum Gasteiger partial charge on any atom is 0.263 e. The van der Waals surface area contributed by atoms with Crippen molar-refractivity contribution in [1.82, 2.24) is 19.9 Å². The zero-order valence-electron chi connectivity index (χ0n) is 17.4. The Balaban J connectivity index is 1.61. The molecule has 8 heteroatoms. The van der Waals surface area contributed by atoms with Gasteiger partial charge in [-0.2, -0.15) is 9.97 Å². The second-order valence-electron chi connectivity index (χ2n) is 7.57. The fourth-order valence-electron chi connectivity index (χ4n) is 3.85. The summed E-state index contributed by atoms with van der Waals surface area (Å²) in [5.74, 6) is 0.372. The van der Waals surface area contributed by atoms with Gasteiger partial charge in [-0.1, -0.05) is 54.6 Å². The van der Waals surface area contributed by atoms with Gasteiger partial charge in [-0.05, 0) is 24.6 Å². The Bertz CT molecular complexity index is 1400. The van der Waals surface area contributed by atoms with Gasteiger partial charge in [0, 0.05) is 11.1 Å². The number of nitrogens with zero attached hydrogens (tertiary/aromatic N) is 4. The first-order chi connectivity index (χ1) is 15.6. The van der Waals surface area contributed by atoms with Crippen LogP contribution in [0, 0.1) is 0 Å². The lowest BCUT2D eigenvalue weighted by atomic mass is 9.95. The largest absolute Gasteiger partial charge is 0.368 e. The summed E-state index contributed by atoms with van der Waals surface area (Å²) in [5.41, 5.74) is 9.70. The summed E-state index contributed by atoms with van der Waals surface area (Å²) < 4.78 is 0. The fraction of sp³-hybridized carbons (Fsp3) is 0.125. The highest BCUT2D eigenvalue weighted by Crippen LogP contribution is 2.26. The van der Waals surface area contributed by atoms with E-state index in [1.807, 2.05) is 49.4 Å². The Morgan fingerprint density at radius 1 is 1.16 bits per heavy atom. The monoisotopic (exact) mass is 423 g/mol. The minimum atomic E-state index is -0.334. The van der Waals surface area contributed by atoms with Gasteiger partial charge in [0.25, 0.3) is 5.56 Å². The van der Waals surface area contributed by atoms with Crippen molar-refractivity contribution in [2.45, 2.75) is 19.0 Å². The standard InChI is InChI=1S/C24H21N7O/c1-14(28-22-19-21(30-24(25)31-22)26-13-27-23(19)32)18-12-15-7-5-6-10-17(11-15)29-20(18)16-8-3-2-4-9-16/h2-14,17H,1H3,(H4,25,26,27,28,30,31,32)/t14-,17?/m0/s1. The van der Waals surface area contributed by atoms with Gasteiger partial charge in [0.1, 0.15) is 11.2 Å². The van der Waals surface area contributed by atoms with E-state index in [0.717, 1.165) is 22.4 Å². The van der Waals surface area contributed by atoms with Crippen molar-refractivity contribution in [2.24, 2.45) is 4.99 Å². The quantitative estimate of drug-likeness (QED) is 0.593. The molecule has 1 unspecified atom stereocenters. The third kappa shape index (κ3) is 3.74. The minimum absolute atomic E-state index is 0.0419. The van der Waals surface area contributed by atoms with Crippen LogP contribution in [0.1, 0.15) is 12.5 Å². The second kappa shape index (κ2) is 8.07. The number of anilines is 2. The molecule has 4 N–H and O–H groups in total. The third-order valence-electron chi connectivity index (χ3n) is 5.33. The average molecular weight is 423 g/mol. The van der Waals surface area contributed by atoms with Crippen LogP contribution in [0.15, 0.2) is 94.0 Å². The number of H-pyrrole nitrogens is 1. The maximum atomic E-state index is 12.5. The number of allylic oxidation sites excluding steroid dienone is 5. The number of aromatic amines is 1. The number of aliphatic imine (C=N–C) groups is 1. The first kappa shape index (κ1) is 19.6. The summed E-state index contributed by atoms with van der Waals surface area (Å²) in [6.07, 6.45) is 13.7. The molecule has 8 nitrogen and oxygen atoms in total. The topological polar surface area (TPSA) is 122 Å². The zero-order valence-corrected chi connectivity index (χ0v) is 17.4. The predicted molar refractivity (Wildman–Crippen MR) is 127 cm³/mol. The number of benzene rings is 1. The molecule has 3 aromatic rings. The van der Waals surface area contributed by atoms with E-state index in [2.05, 4.69) is 49.6 Å². The molecule has 158 valence electrons. The van der Waals surface area contributed by atoms with Crippen molar-refractivity contribution < 1.29 is 0 Å². The molecule has 1 aliphatic heterocycles. The van der Waals surface area contributed by atoms with Gasteiger partial charge < -0.3 is 16.0 Å². The van der Waals surface area contributed by atoms with Crippen molar-refractivity contribution >= 4 is 28.5 Å². The highest BCUT2D eigenvalue weighted by molar-refractivity contribution is 6.14. The number of hydrogen-bond donors (Lipinski definition) is 3. The van der Waals surface area contributed by atoms with Gasteiger partial charge in [0.15, 0.2) is 5.65 Å². The van der Waals surface area contributed by atoms with E-state index < -0.39 is 0 Å². The van der Waals surface area contributed by atoms with E-state index in [-0.39, 0.29) is 34.6 Å². The Morgan fingerprint density at radius 2 is 2.00 bits per heavy atom. The number of nitrogens with two attached hydrogens (primary N) is 1. The van der Waals surface area contributed by atoms with Gasteiger partial charge >= 0.3 is 0 Å². The second-order valence-corrected chi connectivity index (χ2v) is 7.57. The number of fused-ring (bicyclic) bond motifs is 2. The lowest BCUT2D eigenvalue weighted by Gasteiger charge is -2.21. The SMILES string of the molecule is C[C@H](Nc1nc(N)nc2nc[nH]c(=O)c12)C1=CC2=CC(C=CC=C2)N=C1c1ccccc1. The summed E-state index contributed by atoms with van der Waals surface area (Å²) in [7, 11) is 0. The molecule has 2 aromatic heterocycles. The minimum Gasteiger partial charge on any atom is -0.368 e. The lowest BCUT2D eigenvalue weighted by molar-refractivity contribution is 0.944. The molecule has 2 atom stereocenters. The van der Waals surface area contributed by atoms with Crippen LogP contribution in [0.25, 0.3) is 11.0 Å². The summed E-state index contributed by atoms with van der Waals surface area (Å²) in [5, 5.41) is 3.61. The van der Waals surface area contributed by atoms with Crippen LogP contribution in [0.3, 0.4) is 0 Å². The van der Waals surface area contributed by atoms with Crippen molar-refractivity contribution in [1.29, 1.82) is 0 Å². The molecule has 2 aliphatic rings. The maximum absolute atomic E-state index is 12.5. The first-order valence-corrected chi connectivity index (χ1v) is 10.3. The van der Waals surface area contributed by atoms with Crippen molar-refractivity contribution in [3.63, 3.8) is 0 Å². The summed E-state index contributed by atoms with van der Waals surface area (Å²) in [4.78, 5) is 32.6. The number of aromatic nitrogens is 4. The Labute approximate surface area is 184 Å². The lowest BCUT2D eigenvalue weighted by Crippen LogP contribution is -2.26. The molecule has 1 aliphatic carbocycles. The van der Waals surface area contributed by atoms with E-state index in [1.165, 1.54) is 6.33 Å². The third-order valence-corrected chi connectivity index (χ3v) is 5.33. The molecule has 0 radical (unpaired) electrons. The van der Waals surface area contributed by atoms with E-state index in [9.17, 15) is 4.79 Å². The number of rotatable bonds is 4. The molecule has 32 heavy (non-hydrogen) atoms. The number of nitrogen functional groups attached to an aromatic ring is 1. The van der Waals surface area contributed by atoms with Gasteiger partial charge in [0.05, 0.1) is 24.1 Å². The summed E-state index contributed by atoms with van der Waals surface area (Å²) in [6, 6.07) is 9.73. The summed E-state index contributed by atoms with van der Waals surface area (Å²) >= 11 is 0. The molecule has 0 spiro atoms. The zero-order chi connectivity index (χ0) is 22.1. The highest BCUT2D eigenvalue weighted by atomic mass is 16.1. The molecule has 0 amide bonds. The Kier molecular flexibility index (Phi) is 4.95. The van der Waals surface area contributed by atoms with Crippen molar-refractivity contribution in [3.05, 3.63) is 100 Å². The molecule has 2 bridgehead atoms. The molecule has 3 heterocycles. The van der Waals surface area contributed by atoms with Crippen LogP contribution < -0.4 is 16.6 Å². The molecule has 5 rings (SSSR count). The molecule has 0 fully saturated rings. The molecule has 0 saturated heterocycles. The Morgan fingerprint density at radius 3 is 2.84 bits per heavy atom. The van der Waals surface area contributed by atoms with E-state index in [0.29, 0.717) is 5.82 Å². The average Bonchev–Trinajstić information content (AvgIpc) is 3.12. The van der Waals surface area contributed by atoms with Crippen LogP contribution in [0.4, 0.5) is 11.8 Å². The van der Waals surface area contributed by atoms with Gasteiger partial charge in [-0.15, -0.1) is 0 Å². The van der Waals surface area contributed by atoms with E-state index in [1.54, 1.807) is 0 Å². The molecular weight excluding hydrogens is 402 g/mol. The Hall–Kier alpha value is -4.33. The highest BCUT2D eigenvalue weighted by Gasteiger charge is 2.23. The summed E-state index contributed by atoms with van der Waals surface area (Å²) in [6.45, 7) is 2.00. The smallest absolute Gasteiger partial charge is 0.263 e. The van der Waals surface area contributed by atoms with Crippen LogP contribution in [-0.4, -0.2) is 37.7 Å². The predicted octanol–water partition coefficient (Wildman–Crippen LogP) is 2.95. The number of hydrogen-bond acceptors (Lipinski definition) is 7. The van der Waals surface area contributed by atoms with E-state index in [4.69, 9.17) is 10.7 Å². The fourth-order valence-corrected chi connectivity index (χ4v) is 3.85. The van der Waals surface area contributed by atoms with Crippen LogP contribution in [0.2, 0.25) is 0 Å². The van der Waals surface area contributed by atoms with Gasteiger partial charge in [0.2, 0.25) is 5.95 Å². The molecule has 1 aromatic carbocycles. The normalized spacial score (nSPS) is 18.3. The van der Waals surface area contributed by atoms with Crippen LogP contribution >= 0.6 is 0 Å². The van der Waals surface area contributed by atoms with E-state index >= 15 is 0 Å². The van der Waals surface area contributed by atoms with Gasteiger partial charge in [-0.25, -0.2) is 4.98 Å². The molecule has 0 saturated carbocycles. The number of nitrogens with one attached hydrogen (secondary N) is 2.